The maximum absolute atomic E-state index is 11.6. The molecule has 1 unspecified atom stereocenters. The number of carbonyl (C=O) groups excluding carboxylic acids is 1. The highest BCUT2D eigenvalue weighted by Crippen LogP contribution is 2.20. The molecule has 0 spiro atoms. The minimum atomic E-state index is -1.60. The summed E-state index contributed by atoms with van der Waals surface area (Å²) in [5.74, 6) is 0. The number of nitrogens with one attached hydrogen (secondary N) is 1. The number of alkyl carbamates (subject to hydrolysis) is 1. The van der Waals surface area contributed by atoms with Gasteiger partial charge in [-0.15, -0.1) is 0 Å². The van der Waals surface area contributed by atoms with E-state index in [1.54, 1.807) is 0 Å². The Labute approximate surface area is 112 Å². The van der Waals surface area contributed by atoms with Crippen molar-refractivity contribution in [1.29, 1.82) is 0 Å². The molecule has 0 aromatic heterocycles. The topological polar surface area (TPSA) is 128 Å². The Morgan fingerprint density at radius 2 is 2.05 bits per heavy atom. The molecule has 0 bridgehead atoms. The Morgan fingerprint density at radius 3 is 2.58 bits per heavy atom. The van der Waals surface area contributed by atoms with Gasteiger partial charge in [0.1, 0.15) is 30.0 Å². The van der Waals surface area contributed by atoms with E-state index in [0.717, 1.165) is 0 Å². The van der Waals surface area contributed by atoms with Crippen LogP contribution in [0, 0.1) is 0 Å². The van der Waals surface area contributed by atoms with Crippen LogP contribution in [0.2, 0.25) is 0 Å². The van der Waals surface area contributed by atoms with Gasteiger partial charge in [0.15, 0.2) is 6.29 Å². The molecule has 1 fully saturated rings. The summed E-state index contributed by atoms with van der Waals surface area (Å²) >= 11 is 0. The second-order valence-corrected chi connectivity index (χ2v) is 5.05. The molecule has 5 atom stereocenters. The van der Waals surface area contributed by atoms with Crippen LogP contribution in [0.15, 0.2) is 0 Å². The maximum atomic E-state index is 11.6. The van der Waals surface area contributed by atoms with E-state index in [1.165, 1.54) is 13.8 Å². The molecule has 1 amide bonds. The lowest BCUT2D eigenvalue weighted by Gasteiger charge is -2.40. The van der Waals surface area contributed by atoms with Gasteiger partial charge in [0.05, 0.1) is 6.61 Å². The van der Waals surface area contributed by atoms with Gasteiger partial charge in [-0.3, -0.25) is 0 Å². The Hall–Kier alpha value is -0.930. The smallest absolute Gasteiger partial charge is 0.408 e. The minimum Gasteiger partial charge on any atom is -0.444 e. The third-order valence-electron chi connectivity index (χ3n) is 2.55. The normalized spacial score (nSPS) is 36.5. The van der Waals surface area contributed by atoms with Gasteiger partial charge in [0.2, 0.25) is 0 Å². The fourth-order valence-electron chi connectivity index (χ4n) is 1.67. The van der Waals surface area contributed by atoms with Crippen LogP contribution in [0.1, 0.15) is 22.1 Å². The molecule has 112 valence electrons. The summed E-state index contributed by atoms with van der Waals surface area (Å²) in [6.07, 6.45) is -6.68. The number of aliphatic hydroxyl groups excluding tert-OH is 4. The molecular weight excluding hydrogens is 258 g/mol. The second kappa shape index (κ2) is 6.02. The lowest BCUT2D eigenvalue weighted by molar-refractivity contribution is -0.253. The van der Waals surface area contributed by atoms with Crippen molar-refractivity contribution in [1.82, 2.24) is 5.32 Å². The van der Waals surface area contributed by atoms with Crippen molar-refractivity contribution in [3.05, 3.63) is 0 Å². The van der Waals surface area contributed by atoms with Gasteiger partial charge in [-0.25, -0.2) is 4.79 Å². The van der Waals surface area contributed by atoms with Crippen LogP contribution in [0.25, 0.3) is 0 Å². The molecule has 1 heterocycles. The van der Waals surface area contributed by atoms with Crippen LogP contribution in [0.3, 0.4) is 0 Å². The van der Waals surface area contributed by atoms with E-state index in [9.17, 15) is 20.1 Å². The van der Waals surface area contributed by atoms with Crippen molar-refractivity contribution in [2.24, 2.45) is 0 Å². The molecular formula is C11H21NO7. The summed E-state index contributed by atoms with van der Waals surface area (Å²) in [6.45, 7) is 2.31. The summed E-state index contributed by atoms with van der Waals surface area (Å²) in [7, 11) is 0. The zero-order chi connectivity index (χ0) is 15.5. The third kappa shape index (κ3) is 4.29. The monoisotopic (exact) mass is 280 g/mol. The van der Waals surface area contributed by atoms with Crippen LogP contribution in [-0.2, 0) is 9.47 Å². The number of ether oxygens (including phenoxy) is 2. The number of amides is 1. The minimum absolute atomic E-state index is 0.165. The van der Waals surface area contributed by atoms with Crippen molar-refractivity contribution in [2.45, 2.75) is 57.0 Å². The van der Waals surface area contributed by atoms with E-state index in [0.29, 0.717) is 0 Å². The highest BCUT2D eigenvalue weighted by molar-refractivity contribution is 5.68. The number of hydrogen-bond donors (Lipinski definition) is 5. The summed E-state index contributed by atoms with van der Waals surface area (Å²) in [5.41, 5.74) is -1.03. The number of rotatable bonds is 2. The fraction of sp³-hybridized carbons (Fsp3) is 0.909. The Balaban J connectivity index is 2.65. The van der Waals surface area contributed by atoms with Crippen molar-refractivity contribution < 1.29 is 36.1 Å². The highest BCUT2D eigenvalue weighted by Gasteiger charge is 2.44. The molecule has 1 rings (SSSR count). The molecule has 1 saturated heterocycles. The van der Waals surface area contributed by atoms with Crippen LogP contribution in [0.4, 0.5) is 4.79 Å². The van der Waals surface area contributed by atoms with Gasteiger partial charge in [0.25, 0.3) is 0 Å². The largest absolute Gasteiger partial charge is 0.444 e. The maximum Gasteiger partial charge on any atom is 0.408 e. The Kier molecular flexibility index (Phi) is 4.58. The molecule has 0 aromatic carbocycles. The summed E-state index contributed by atoms with van der Waals surface area (Å²) in [5, 5.41) is 40.2. The predicted molar refractivity (Wildman–Crippen MR) is 63.1 cm³/mol. The van der Waals surface area contributed by atoms with Gasteiger partial charge < -0.3 is 35.2 Å². The first kappa shape index (κ1) is 14.5. The molecule has 1 aliphatic heterocycles. The van der Waals surface area contributed by atoms with E-state index < -0.39 is 48.9 Å². The fourth-order valence-corrected chi connectivity index (χ4v) is 1.67. The summed E-state index contributed by atoms with van der Waals surface area (Å²) in [6, 6.07) is -1.30. The SMILES string of the molecule is [2H]CC(C)(C)OC(=O)N[C@H]1C(O)O[C@H](CO)[C@@H](O)[C@@H]1O. The van der Waals surface area contributed by atoms with E-state index in [2.05, 4.69) is 5.32 Å². The van der Waals surface area contributed by atoms with Crippen molar-refractivity contribution in [2.75, 3.05) is 6.61 Å². The van der Waals surface area contributed by atoms with E-state index in [-0.39, 0.29) is 6.90 Å². The van der Waals surface area contributed by atoms with Crippen molar-refractivity contribution >= 4 is 6.09 Å². The standard InChI is InChI=1S/C11H21NO7/c1-11(2,3)19-10(17)12-6-8(15)7(14)5(4-13)18-9(6)16/h5-9,13-16H,4H2,1-3H3,(H,12,17)/t5-,6-,7-,8-,9?/m1/s1/i1D. The quantitative estimate of drug-likeness (QED) is 0.408. The number of carbonyl (C=O) groups is 1. The van der Waals surface area contributed by atoms with Crippen LogP contribution in [0.5, 0.6) is 0 Å². The zero-order valence-corrected chi connectivity index (χ0v) is 10.8. The molecule has 8 heteroatoms. The molecule has 19 heavy (non-hydrogen) atoms. The third-order valence-corrected chi connectivity index (χ3v) is 2.55. The predicted octanol–water partition coefficient (Wildman–Crippen LogP) is -1.69. The van der Waals surface area contributed by atoms with E-state index >= 15 is 0 Å². The molecule has 0 radical (unpaired) electrons. The Morgan fingerprint density at radius 1 is 1.42 bits per heavy atom. The number of hydrogen-bond acceptors (Lipinski definition) is 7. The van der Waals surface area contributed by atoms with Crippen LogP contribution < -0.4 is 5.32 Å². The molecule has 0 aliphatic carbocycles. The van der Waals surface area contributed by atoms with Crippen molar-refractivity contribution in [3.63, 3.8) is 0 Å². The second-order valence-electron chi connectivity index (χ2n) is 5.05. The average molecular weight is 280 g/mol. The van der Waals surface area contributed by atoms with Crippen LogP contribution in [-0.4, -0.2) is 69.4 Å². The zero-order valence-electron chi connectivity index (χ0n) is 11.8. The van der Waals surface area contributed by atoms with Gasteiger partial charge >= 0.3 is 6.09 Å². The Bertz CT molecular complexity index is 341. The number of aliphatic hydroxyl groups is 4. The van der Waals surface area contributed by atoms with E-state index in [4.69, 9.17) is 16.0 Å². The van der Waals surface area contributed by atoms with Crippen LogP contribution >= 0.6 is 0 Å². The van der Waals surface area contributed by atoms with E-state index in [1.807, 2.05) is 0 Å². The molecule has 0 aromatic rings. The molecule has 1 aliphatic rings. The highest BCUT2D eigenvalue weighted by atomic mass is 16.6. The van der Waals surface area contributed by atoms with Gasteiger partial charge in [0, 0.05) is 1.37 Å². The first-order valence-electron chi connectivity index (χ1n) is 6.52. The summed E-state index contributed by atoms with van der Waals surface area (Å²) < 4.78 is 17.0. The van der Waals surface area contributed by atoms with Gasteiger partial charge in [-0.1, -0.05) is 0 Å². The van der Waals surface area contributed by atoms with Gasteiger partial charge in [-0.2, -0.15) is 0 Å². The first-order chi connectivity index (χ1) is 9.21. The lowest BCUT2D eigenvalue weighted by Crippen LogP contribution is -2.64. The molecule has 5 N–H and O–H groups in total. The van der Waals surface area contributed by atoms with Gasteiger partial charge in [-0.05, 0) is 20.7 Å². The first-order valence-corrected chi connectivity index (χ1v) is 5.81. The lowest BCUT2D eigenvalue weighted by atomic mass is 9.97. The average Bonchev–Trinajstić information content (AvgIpc) is 2.38. The van der Waals surface area contributed by atoms with Crippen molar-refractivity contribution in [3.8, 4) is 0 Å². The molecule has 0 saturated carbocycles. The molecule has 8 nitrogen and oxygen atoms in total. The summed E-state index contributed by atoms with van der Waals surface area (Å²) in [4.78, 5) is 11.6.